The number of nitrogens with one attached hydrogen (secondary N) is 1. The van der Waals surface area contributed by atoms with Crippen molar-refractivity contribution in [2.75, 3.05) is 13.7 Å². The van der Waals surface area contributed by atoms with Gasteiger partial charge in [-0.15, -0.1) is 0 Å². The van der Waals surface area contributed by atoms with E-state index in [0.29, 0.717) is 6.54 Å². The minimum atomic E-state index is -4.18. The molecule has 1 atom stereocenters. The Kier molecular flexibility index (Phi) is 6.52. The van der Waals surface area contributed by atoms with E-state index in [2.05, 4.69) is 10.1 Å². The summed E-state index contributed by atoms with van der Waals surface area (Å²) < 4.78 is 40.7. The summed E-state index contributed by atoms with van der Waals surface area (Å²) >= 11 is 0. The molecule has 0 aliphatic carbocycles. The van der Waals surface area contributed by atoms with Gasteiger partial charge in [-0.1, -0.05) is 6.92 Å². The molecule has 0 saturated carbocycles. The van der Waals surface area contributed by atoms with Crippen LogP contribution in [0.15, 0.2) is 0 Å². The predicted molar refractivity (Wildman–Crippen MR) is 58.6 cm³/mol. The molecule has 1 unspecified atom stereocenters. The molecule has 0 heterocycles. The van der Waals surface area contributed by atoms with Gasteiger partial charge in [-0.25, -0.2) is 0 Å². The standard InChI is InChI=1S/C11H20F3NO2/c1-4-8-15-10(2,9(16)17-3)6-5-7-11(12,13)14/h15H,4-8H2,1-3H3. The highest BCUT2D eigenvalue weighted by atomic mass is 19.4. The first-order valence-electron chi connectivity index (χ1n) is 5.65. The molecule has 0 rings (SSSR count). The third-order valence-corrected chi connectivity index (χ3v) is 2.54. The first-order valence-corrected chi connectivity index (χ1v) is 5.65. The molecule has 0 aromatic carbocycles. The molecule has 0 aliphatic rings. The van der Waals surface area contributed by atoms with Gasteiger partial charge in [-0.3, -0.25) is 4.79 Å². The van der Waals surface area contributed by atoms with E-state index < -0.39 is 24.1 Å². The number of ether oxygens (including phenoxy) is 1. The summed E-state index contributed by atoms with van der Waals surface area (Å²) in [6.45, 7) is 4.06. The Morgan fingerprint density at radius 3 is 2.29 bits per heavy atom. The highest BCUT2D eigenvalue weighted by molar-refractivity contribution is 5.80. The minimum Gasteiger partial charge on any atom is -0.468 e. The number of carbonyl (C=O) groups excluding carboxylic acids is 1. The van der Waals surface area contributed by atoms with Crippen LogP contribution in [0.3, 0.4) is 0 Å². The second-order valence-corrected chi connectivity index (χ2v) is 4.22. The van der Waals surface area contributed by atoms with Gasteiger partial charge >= 0.3 is 12.1 Å². The SMILES string of the molecule is CCCNC(C)(CCCC(F)(F)F)C(=O)OC. The van der Waals surface area contributed by atoms with Crippen LogP contribution in [-0.2, 0) is 9.53 Å². The number of methoxy groups -OCH3 is 1. The fourth-order valence-electron chi connectivity index (χ4n) is 1.53. The Balaban J connectivity index is 4.34. The van der Waals surface area contributed by atoms with Crippen LogP contribution in [0.4, 0.5) is 13.2 Å². The largest absolute Gasteiger partial charge is 0.468 e. The Labute approximate surface area is 99.7 Å². The third kappa shape index (κ3) is 6.51. The molecule has 0 aromatic heterocycles. The third-order valence-electron chi connectivity index (χ3n) is 2.54. The highest BCUT2D eigenvalue weighted by Gasteiger charge is 2.35. The van der Waals surface area contributed by atoms with E-state index >= 15 is 0 Å². The molecule has 6 heteroatoms. The van der Waals surface area contributed by atoms with E-state index in [1.165, 1.54) is 7.11 Å². The maximum Gasteiger partial charge on any atom is 0.389 e. The quantitative estimate of drug-likeness (QED) is 0.711. The number of halogens is 3. The van der Waals surface area contributed by atoms with Gasteiger partial charge in [-0.2, -0.15) is 13.2 Å². The zero-order chi connectivity index (χ0) is 13.5. The van der Waals surface area contributed by atoms with Crippen LogP contribution in [0, 0.1) is 0 Å². The Bertz CT molecular complexity index is 243. The van der Waals surface area contributed by atoms with Gasteiger partial charge in [0.15, 0.2) is 0 Å². The molecule has 0 radical (unpaired) electrons. The van der Waals surface area contributed by atoms with Crippen molar-refractivity contribution in [2.24, 2.45) is 0 Å². The van der Waals surface area contributed by atoms with E-state index in [4.69, 9.17) is 0 Å². The van der Waals surface area contributed by atoms with E-state index in [0.717, 1.165) is 6.42 Å². The van der Waals surface area contributed by atoms with Gasteiger partial charge in [0.2, 0.25) is 0 Å². The fourth-order valence-corrected chi connectivity index (χ4v) is 1.53. The van der Waals surface area contributed by atoms with Crippen LogP contribution >= 0.6 is 0 Å². The van der Waals surface area contributed by atoms with Gasteiger partial charge in [0.05, 0.1) is 7.11 Å². The first kappa shape index (κ1) is 16.2. The number of carbonyl (C=O) groups is 1. The predicted octanol–water partition coefficient (Wildman–Crippen LogP) is 2.65. The second kappa shape index (κ2) is 6.83. The number of alkyl halides is 3. The molecule has 1 N–H and O–H groups in total. The number of hydrogen-bond acceptors (Lipinski definition) is 3. The smallest absolute Gasteiger partial charge is 0.389 e. The summed E-state index contributed by atoms with van der Waals surface area (Å²) in [6.07, 6.45) is -4.24. The molecular weight excluding hydrogens is 235 g/mol. The average Bonchev–Trinajstić information content (AvgIpc) is 2.23. The van der Waals surface area contributed by atoms with Crippen LogP contribution in [0.2, 0.25) is 0 Å². The van der Waals surface area contributed by atoms with Crippen molar-refractivity contribution < 1.29 is 22.7 Å². The summed E-state index contributed by atoms with van der Waals surface area (Å²) in [4.78, 5) is 11.5. The zero-order valence-corrected chi connectivity index (χ0v) is 10.5. The van der Waals surface area contributed by atoms with Crippen LogP contribution in [0.5, 0.6) is 0 Å². The maximum absolute atomic E-state index is 12.0. The van der Waals surface area contributed by atoms with Crippen molar-refractivity contribution >= 4 is 5.97 Å². The van der Waals surface area contributed by atoms with Crippen molar-refractivity contribution in [3.05, 3.63) is 0 Å². The van der Waals surface area contributed by atoms with E-state index in [9.17, 15) is 18.0 Å². The monoisotopic (exact) mass is 255 g/mol. The van der Waals surface area contributed by atoms with E-state index in [1.54, 1.807) is 6.92 Å². The number of esters is 1. The molecule has 17 heavy (non-hydrogen) atoms. The number of hydrogen-bond donors (Lipinski definition) is 1. The van der Waals surface area contributed by atoms with Crippen LogP contribution in [-0.4, -0.2) is 31.3 Å². The van der Waals surface area contributed by atoms with Crippen molar-refractivity contribution in [2.45, 2.75) is 51.2 Å². The molecule has 0 bridgehead atoms. The lowest BCUT2D eigenvalue weighted by molar-refractivity contribution is -0.150. The summed E-state index contributed by atoms with van der Waals surface area (Å²) in [5.41, 5.74) is -1.03. The summed E-state index contributed by atoms with van der Waals surface area (Å²) in [7, 11) is 1.23. The molecule has 0 fully saturated rings. The van der Waals surface area contributed by atoms with Gasteiger partial charge in [0.1, 0.15) is 5.54 Å². The first-order chi connectivity index (χ1) is 7.75. The second-order valence-electron chi connectivity index (χ2n) is 4.22. The van der Waals surface area contributed by atoms with Gasteiger partial charge in [0, 0.05) is 6.42 Å². The van der Waals surface area contributed by atoms with Crippen LogP contribution in [0.25, 0.3) is 0 Å². The Morgan fingerprint density at radius 1 is 1.29 bits per heavy atom. The van der Waals surface area contributed by atoms with Crippen molar-refractivity contribution in [3.8, 4) is 0 Å². The molecule has 102 valence electrons. The molecule has 0 saturated heterocycles. The van der Waals surface area contributed by atoms with Gasteiger partial charge in [0.25, 0.3) is 0 Å². The molecule has 0 aromatic rings. The fraction of sp³-hybridized carbons (Fsp3) is 0.909. The maximum atomic E-state index is 12.0. The lowest BCUT2D eigenvalue weighted by Crippen LogP contribution is -2.50. The molecule has 3 nitrogen and oxygen atoms in total. The van der Waals surface area contributed by atoms with Gasteiger partial charge in [-0.05, 0) is 32.7 Å². The van der Waals surface area contributed by atoms with Crippen LogP contribution in [0.1, 0.15) is 39.5 Å². The number of rotatable bonds is 7. The van der Waals surface area contributed by atoms with Crippen molar-refractivity contribution in [1.82, 2.24) is 5.32 Å². The van der Waals surface area contributed by atoms with Crippen molar-refractivity contribution in [3.63, 3.8) is 0 Å². The minimum absolute atomic E-state index is 0.0915. The summed E-state index contributed by atoms with van der Waals surface area (Å²) in [6, 6.07) is 0. The van der Waals surface area contributed by atoms with Crippen molar-refractivity contribution in [1.29, 1.82) is 0 Å². The topological polar surface area (TPSA) is 38.3 Å². The molecular formula is C11H20F3NO2. The van der Waals surface area contributed by atoms with Crippen LogP contribution < -0.4 is 5.32 Å². The Morgan fingerprint density at radius 2 is 1.88 bits per heavy atom. The lowest BCUT2D eigenvalue weighted by Gasteiger charge is -2.28. The average molecular weight is 255 g/mol. The zero-order valence-electron chi connectivity index (χ0n) is 10.5. The highest BCUT2D eigenvalue weighted by Crippen LogP contribution is 2.25. The molecule has 0 spiro atoms. The summed E-state index contributed by atoms with van der Waals surface area (Å²) in [5.74, 6) is -0.520. The molecule has 0 amide bonds. The summed E-state index contributed by atoms with van der Waals surface area (Å²) in [5, 5.41) is 2.94. The van der Waals surface area contributed by atoms with E-state index in [-0.39, 0.29) is 12.8 Å². The normalized spacial score (nSPS) is 15.4. The molecule has 0 aliphatic heterocycles. The van der Waals surface area contributed by atoms with Gasteiger partial charge < -0.3 is 10.1 Å². The van der Waals surface area contributed by atoms with E-state index in [1.807, 2.05) is 6.92 Å². The lowest BCUT2D eigenvalue weighted by atomic mass is 9.94. The Hall–Kier alpha value is -0.780.